The van der Waals surface area contributed by atoms with Crippen molar-refractivity contribution >= 4 is 0 Å². The molecule has 1 aliphatic carbocycles. The van der Waals surface area contributed by atoms with Gasteiger partial charge in [0.1, 0.15) is 5.69 Å². The van der Waals surface area contributed by atoms with Crippen molar-refractivity contribution in [2.45, 2.75) is 5.92 Å². The molecule has 3 rings (SSSR count). The first-order valence-electron chi connectivity index (χ1n) is 5.86. The van der Waals surface area contributed by atoms with Gasteiger partial charge in [-0.3, -0.25) is 5.10 Å². The minimum Gasteiger partial charge on any atom is -0.257 e. The lowest BCUT2D eigenvalue weighted by molar-refractivity contribution is 0.884. The van der Waals surface area contributed by atoms with Gasteiger partial charge in [-0.15, -0.1) is 5.10 Å². The Morgan fingerprint density at radius 3 is 2.72 bits per heavy atom. The molecule has 0 saturated carbocycles. The molecule has 0 bridgehead atoms. The second-order valence-electron chi connectivity index (χ2n) is 4.23. The molecular formula is C15H13N3. The molecule has 1 N–H and O–H groups in total. The summed E-state index contributed by atoms with van der Waals surface area (Å²) in [4.78, 5) is 0. The third kappa shape index (κ3) is 1.80. The lowest BCUT2D eigenvalue weighted by Crippen LogP contribution is -2.02. The molecule has 1 aromatic heterocycles. The highest BCUT2D eigenvalue weighted by Crippen LogP contribution is 2.32. The maximum atomic E-state index is 4.22. The Hall–Kier alpha value is -2.42. The van der Waals surface area contributed by atoms with Crippen LogP contribution in [0.1, 0.15) is 11.6 Å². The molecule has 3 nitrogen and oxygen atoms in total. The van der Waals surface area contributed by atoms with Gasteiger partial charge in [0.25, 0.3) is 0 Å². The average Bonchev–Trinajstić information content (AvgIpc) is 2.89. The van der Waals surface area contributed by atoms with E-state index in [-0.39, 0.29) is 5.92 Å². The minimum atomic E-state index is 0.101. The molecular weight excluding hydrogens is 222 g/mol. The van der Waals surface area contributed by atoms with Crippen molar-refractivity contribution in [3.63, 3.8) is 0 Å². The lowest BCUT2D eigenvalue weighted by atomic mass is 9.90. The van der Waals surface area contributed by atoms with Gasteiger partial charge in [0.15, 0.2) is 0 Å². The van der Waals surface area contributed by atoms with Crippen LogP contribution in [0.2, 0.25) is 0 Å². The molecule has 1 atom stereocenters. The van der Waals surface area contributed by atoms with Crippen molar-refractivity contribution in [2.75, 3.05) is 0 Å². The van der Waals surface area contributed by atoms with Crippen molar-refractivity contribution in [3.05, 3.63) is 72.5 Å². The van der Waals surface area contributed by atoms with Crippen LogP contribution >= 0.6 is 0 Å². The van der Waals surface area contributed by atoms with Crippen molar-refractivity contribution < 1.29 is 0 Å². The quantitative estimate of drug-likeness (QED) is 0.868. The Labute approximate surface area is 106 Å². The predicted octanol–water partition coefficient (Wildman–Crippen LogP) is 3.24. The first-order chi connectivity index (χ1) is 8.86. The number of H-pyrrole nitrogens is 1. The van der Waals surface area contributed by atoms with E-state index in [1.807, 2.05) is 48.6 Å². The van der Waals surface area contributed by atoms with Crippen LogP contribution in [-0.2, 0) is 0 Å². The second-order valence-corrected chi connectivity index (χ2v) is 4.23. The number of rotatable bonds is 2. The van der Waals surface area contributed by atoms with E-state index in [4.69, 9.17) is 0 Å². The van der Waals surface area contributed by atoms with E-state index < -0.39 is 0 Å². The number of hydrogen-bond acceptors (Lipinski definition) is 2. The normalized spacial score (nSPS) is 18.2. The first kappa shape index (κ1) is 10.7. The topological polar surface area (TPSA) is 41.6 Å². The van der Waals surface area contributed by atoms with Crippen molar-refractivity contribution in [1.82, 2.24) is 15.4 Å². The summed E-state index contributed by atoms with van der Waals surface area (Å²) in [6, 6.07) is 10.1. The number of aromatic amines is 1. The highest BCUT2D eigenvalue weighted by molar-refractivity contribution is 5.63. The Balaban J connectivity index is 2.05. The van der Waals surface area contributed by atoms with Gasteiger partial charge in [0.05, 0.1) is 5.69 Å². The SMILES string of the molecule is C=C1C=CC=CC1c1nn[nH]c1-c1ccccc1. The van der Waals surface area contributed by atoms with Crippen LogP contribution in [-0.4, -0.2) is 15.4 Å². The Bertz CT molecular complexity index is 620. The molecule has 1 unspecified atom stereocenters. The van der Waals surface area contributed by atoms with Gasteiger partial charge in [-0.05, 0) is 5.57 Å². The van der Waals surface area contributed by atoms with Gasteiger partial charge in [0.2, 0.25) is 0 Å². The van der Waals surface area contributed by atoms with Gasteiger partial charge in [-0.25, -0.2) is 0 Å². The summed E-state index contributed by atoms with van der Waals surface area (Å²) in [6.07, 6.45) is 8.10. The summed E-state index contributed by atoms with van der Waals surface area (Å²) < 4.78 is 0. The van der Waals surface area contributed by atoms with Gasteiger partial charge in [0, 0.05) is 11.5 Å². The number of allylic oxidation sites excluding steroid dienone is 5. The first-order valence-corrected chi connectivity index (χ1v) is 5.86. The van der Waals surface area contributed by atoms with E-state index in [9.17, 15) is 0 Å². The fourth-order valence-corrected chi connectivity index (χ4v) is 2.12. The smallest absolute Gasteiger partial charge is 0.102 e. The van der Waals surface area contributed by atoms with Gasteiger partial charge in [-0.2, -0.15) is 0 Å². The molecule has 0 spiro atoms. The summed E-state index contributed by atoms with van der Waals surface area (Å²) in [5.41, 5.74) is 4.00. The van der Waals surface area contributed by atoms with E-state index in [0.717, 1.165) is 22.5 Å². The number of benzene rings is 1. The maximum Gasteiger partial charge on any atom is 0.102 e. The largest absolute Gasteiger partial charge is 0.257 e. The van der Waals surface area contributed by atoms with Crippen LogP contribution in [0.4, 0.5) is 0 Å². The highest BCUT2D eigenvalue weighted by atomic mass is 15.3. The Kier molecular flexibility index (Phi) is 2.65. The van der Waals surface area contributed by atoms with Crippen LogP contribution < -0.4 is 0 Å². The molecule has 18 heavy (non-hydrogen) atoms. The molecule has 0 aliphatic heterocycles. The molecule has 0 fully saturated rings. The van der Waals surface area contributed by atoms with Crippen molar-refractivity contribution in [2.24, 2.45) is 0 Å². The molecule has 88 valence electrons. The van der Waals surface area contributed by atoms with Crippen LogP contribution in [0.5, 0.6) is 0 Å². The zero-order valence-corrected chi connectivity index (χ0v) is 9.88. The second kappa shape index (κ2) is 4.45. The predicted molar refractivity (Wildman–Crippen MR) is 72.0 cm³/mol. The molecule has 0 radical (unpaired) electrons. The summed E-state index contributed by atoms with van der Waals surface area (Å²) in [7, 11) is 0. The van der Waals surface area contributed by atoms with E-state index in [1.54, 1.807) is 0 Å². The number of hydrogen-bond donors (Lipinski definition) is 1. The summed E-state index contributed by atoms with van der Waals surface area (Å²) in [6.45, 7) is 4.07. The minimum absolute atomic E-state index is 0.101. The van der Waals surface area contributed by atoms with Crippen LogP contribution in [0.3, 0.4) is 0 Å². The standard InChI is InChI=1S/C15H13N3/c1-11-7-5-6-10-13(11)15-14(16-18-17-15)12-8-3-2-4-9-12/h2-10,13H,1H2,(H,16,17,18). The van der Waals surface area contributed by atoms with Crippen molar-refractivity contribution in [1.29, 1.82) is 0 Å². The molecule has 2 aromatic rings. The molecule has 1 aliphatic rings. The van der Waals surface area contributed by atoms with E-state index in [2.05, 4.69) is 28.1 Å². The third-order valence-electron chi connectivity index (χ3n) is 3.06. The third-order valence-corrected chi connectivity index (χ3v) is 3.06. The zero-order valence-electron chi connectivity index (χ0n) is 9.88. The number of nitrogens with one attached hydrogen (secondary N) is 1. The fourth-order valence-electron chi connectivity index (χ4n) is 2.12. The van der Waals surface area contributed by atoms with E-state index in [0.29, 0.717) is 0 Å². The van der Waals surface area contributed by atoms with E-state index in [1.165, 1.54) is 0 Å². The van der Waals surface area contributed by atoms with E-state index >= 15 is 0 Å². The molecule has 1 heterocycles. The maximum absolute atomic E-state index is 4.22. The molecule has 0 saturated heterocycles. The number of nitrogens with zero attached hydrogens (tertiary/aromatic N) is 2. The summed E-state index contributed by atoms with van der Waals surface area (Å²) in [5, 5.41) is 11.1. The van der Waals surface area contributed by atoms with Gasteiger partial charge >= 0.3 is 0 Å². The number of aromatic nitrogens is 3. The fraction of sp³-hybridized carbons (Fsp3) is 0.0667. The lowest BCUT2D eigenvalue weighted by Gasteiger charge is -2.14. The van der Waals surface area contributed by atoms with Crippen molar-refractivity contribution in [3.8, 4) is 11.3 Å². The Morgan fingerprint density at radius 1 is 1.11 bits per heavy atom. The van der Waals surface area contributed by atoms with Gasteiger partial charge < -0.3 is 0 Å². The van der Waals surface area contributed by atoms with Gasteiger partial charge in [-0.1, -0.05) is 66.4 Å². The zero-order chi connectivity index (χ0) is 12.4. The summed E-state index contributed by atoms with van der Waals surface area (Å²) >= 11 is 0. The molecule has 0 amide bonds. The highest BCUT2D eigenvalue weighted by Gasteiger charge is 2.20. The van der Waals surface area contributed by atoms with Crippen LogP contribution in [0.25, 0.3) is 11.3 Å². The molecule has 3 heteroatoms. The van der Waals surface area contributed by atoms with Crippen LogP contribution in [0, 0.1) is 0 Å². The van der Waals surface area contributed by atoms with Crippen LogP contribution in [0.15, 0.2) is 66.8 Å². The summed E-state index contributed by atoms with van der Waals surface area (Å²) in [5.74, 6) is 0.101. The average molecular weight is 235 g/mol. The Morgan fingerprint density at radius 2 is 1.94 bits per heavy atom. The monoisotopic (exact) mass is 235 g/mol. The molecule has 1 aromatic carbocycles.